The number of anilines is 2. The highest BCUT2D eigenvalue weighted by atomic mass is 16.5. The van der Waals surface area contributed by atoms with Crippen LogP contribution in [0.4, 0.5) is 11.4 Å². The number of nitrogens with zero attached hydrogens (tertiary/aromatic N) is 1. The standard InChI is InChI=1S/C20H23N3O4/c1-14(24)17-6-4-5-7-18(17)22-20(26)13-23(2)12-19(25)21-15-8-10-16(27-3)11-9-15/h4-11H,12-13H2,1-3H3,(H,21,25)(H,22,26). The first-order valence-corrected chi connectivity index (χ1v) is 8.41. The van der Waals surface area contributed by atoms with E-state index < -0.39 is 0 Å². The molecule has 0 aromatic heterocycles. The molecule has 27 heavy (non-hydrogen) atoms. The van der Waals surface area contributed by atoms with Crippen LogP contribution in [0.25, 0.3) is 0 Å². The predicted molar refractivity (Wildman–Crippen MR) is 104 cm³/mol. The zero-order valence-electron chi connectivity index (χ0n) is 15.6. The van der Waals surface area contributed by atoms with Crippen LogP contribution in [0, 0.1) is 0 Å². The minimum atomic E-state index is -0.302. The monoisotopic (exact) mass is 369 g/mol. The summed E-state index contributed by atoms with van der Waals surface area (Å²) in [5, 5.41) is 5.47. The van der Waals surface area contributed by atoms with E-state index in [0.717, 1.165) is 0 Å². The first-order chi connectivity index (χ1) is 12.9. The Hall–Kier alpha value is -3.19. The quantitative estimate of drug-likeness (QED) is 0.698. The molecule has 142 valence electrons. The van der Waals surface area contributed by atoms with E-state index in [4.69, 9.17) is 4.74 Å². The molecule has 0 atom stereocenters. The van der Waals surface area contributed by atoms with Crippen molar-refractivity contribution < 1.29 is 19.1 Å². The van der Waals surface area contributed by atoms with E-state index in [1.807, 2.05) is 0 Å². The van der Waals surface area contributed by atoms with Crippen molar-refractivity contribution in [3.05, 3.63) is 54.1 Å². The lowest BCUT2D eigenvalue weighted by atomic mass is 10.1. The van der Waals surface area contributed by atoms with Gasteiger partial charge in [0.25, 0.3) is 0 Å². The fourth-order valence-electron chi connectivity index (χ4n) is 2.51. The van der Waals surface area contributed by atoms with Gasteiger partial charge in [0.05, 0.1) is 25.9 Å². The van der Waals surface area contributed by atoms with Crippen molar-refractivity contribution in [1.82, 2.24) is 4.90 Å². The van der Waals surface area contributed by atoms with E-state index in [-0.39, 0.29) is 30.7 Å². The first-order valence-electron chi connectivity index (χ1n) is 8.41. The van der Waals surface area contributed by atoms with Crippen LogP contribution in [0.2, 0.25) is 0 Å². The lowest BCUT2D eigenvalue weighted by molar-refractivity contribution is -0.119. The third-order valence-corrected chi connectivity index (χ3v) is 3.78. The normalized spacial score (nSPS) is 10.4. The molecule has 7 heteroatoms. The highest BCUT2D eigenvalue weighted by molar-refractivity contribution is 6.04. The van der Waals surface area contributed by atoms with Crippen LogP contribution < -0.4 is 15.4 Å². The Morgan fingerprint density at radius 3 is 2.11 bits per heavy atom. The zero-order valence-corrected chi connectivity index (χ0v) is 15.6. The number of rotatable bonds is 8. The second-order valence-corrected chi connectivity index (χ2v) is 6.10. The minimum Gasteiger partial charge on any atom is -0.497 e. The molecule has 2 amide bonds. The van der Waals surface area contributed by atoms with Gasteiger partial charge in [-0.15, -0.1) is 0 Å². The Kier molecular flexibility index (Phi) is 7.08. The number of likely N-dealkylation sites (N-methyl/N-ethyl adjacent to an activating group) is 1. The Morgan fingerprint density at radius 2 is 1.52 bits per heavy atom. The van der Waals surface area contributed by atoms with Crippen LogP contribution in [0.1, 0.15) is 17.3 Å². The average Bonchev–Trinajstić information content (AvgIpc) is 2.62. The number of para-hydroxylation sites is 1. The molecule has 0 bridgehead atoms. The van der Waals surface area contributed by atoms with Gasteiger partial charge in [-0.1, -0.05) is 12.1 Å². The number of amides is 2. The molecule has 0 saturated carbocycles. The van der Waals surface area contributed by atoms with Crippen LogP contribution >= 0.6 is 0 Å². The molecule has 0 aliphatic carbocycles. The number of hydrogen-bond acceptors (Lipinski definition) is 5. The van der Waals surface area contributed by atoms with Crippen LogP contribution in [0.3, 0.4) is 0 Å². The molecule has 0 radical (unpaired) electrons. The van der Waals surface area contributed by atoms with E-state index >= 15 is 0 Å². The van der Waals surface area contributed by atoms with E-state index in [1.54, 1.807) is 67.6 Å². The minimum absolute atomic E-state index is 0.0161. The number of nitrogens with one attached hydrogen (secondary N) is 2. The number of benzene rings is 2. The van der Waals surface area contributed by atoms with Gasteiger partial charge in [-0.3, -0.25) is 19.3 Å². The maximum absolute atomic E-state index is 12.2. The third-order valence-electron chi connectivity index (χ3n) is 3.78. The number of hydrogen-bond donors (Lipinski definition) is 2. The van der Waals surface area contributed by atoms with Crippen molar-refractivity contribution >= 4 is 29.0 Å². The van der Waals surface area contributed by atoms with Gasteiger partial charge in [0.1, 0.15) is 5.75 Å². The topological polar surface area (TPSA) is 87.7 Å². The number of methoxy groups -OCH3 is 1. The number of Topliss-reactive ketones (excluding diaryl/α,β-unsaturated/α-hetero) is 1. The van der Waals surface area contributed by atoms with Crippen LogP contribution in [-0.2, 0) is 9.59 Å². The lowest BCUT2D eigenvalue weighted by Crippen LogP contribution is -2.36. The van der Waals surface area contributed by atoms with Crippen molar-refractivity contribution in [3.8, 4) is 5.75 Å². The molecule has 7 nitrogen and oxygen atoms in total. The first kappa shape index (κ1) is 20.1. The summed E-state index contributed by atoms with van der Waals surface area (Å²) in [5.41, 5.74) is 1.56. The smallest absolute Gasteiger partial charge is 0.238 e. The Bertz CT molecular complexity index is 818. The maximum atomic E-state index is 12.2. The molecule has 2 aromatic rings. The van der Waals surface area contributed by atoms with Gasteiger partial charge in [0.2, 0.25) is 11.8 Å². The molecule has 0 unspecified atom stereocenters. The molecule has 2 N–H and O–H groups in total. The summed E-state index contributed by atoms with van der Waals surface area (Å²) >= 11 is 0. The summed E-state index contributed by atoms with van der Waals surface area (Å²) in [4.78, 5) is 37.5. The summed E-state index contributed by atoms with van der Waals surface area (Å²) in [5.74, 6) is 0.0359. The number of carbonyl (C=O) groups excluding carboxylic acids is 3. The third kappa shape index (κ3) is 6.23. The van der Waals surface area contributed by atoms with Crippen molar-refractivity contribution in [2.75, 3.05) is 37.9 Å². The molecule has 0 saturated heterocycles. The predicted octanol–water partition coefficient (Wildman–Crippen LogP) is 2.41. The highest BCUT2D eigenvalue weighted by Gasteiger charge is 2.13. The summed E-state index contributed by atoms with van der Waals surface area (Å²) in [6, 6.07) is 13.8. The summed E-state index contributed by atoms with van der Waals surface area (Å²) in [6.45, 7) is 1.51. The molecule has 2 aromatic carbocycles. The van der Waals surface area contributed by atoms with E-state index in [0.29, 0.717) is 22.7 Å². The molecule has 0 aliphatic heterocycles. The molecule has 0 fully saturated rings. The summed E-state index contributed by atoms with van der Waals surface area (Å²) in [7, 11) is 3.24. The van der Waals surface area contributed by atoms with Crippen LogP contribution in [0.5, 0.6) is 5.75 Å². The van der Waals surface area contributed by atoms with Gasteiger partial charge in [0.15, 0.2) is 5.78 Å². The van der Waals surface area contributed by atoms with E-state index in [2.05, 4.69) is 10.6 Å². The fraction of sp³-hybridized carbons (Fsp3) is 0.250. The molecule has 0 aliphatic rings. The SMILES string of the molecule is COc1ccc(NC(=O)CN(C)CC(=O)Nc2ccccc2C(C)=O)cc1. The van der Waals surface area contributed by atoms with Crippen molar-refractivity contribution in [1.29, 1.82) is 0 Å². The van der Waals surface area contributed by atoms with Gasteiger partial charge in [-0.05, 0) is 50.4 Å². The molecule has 0 spiro atoms. The number of ketones is 1. The van der Waals surface area contributed by atoms with Gasteiger partial charge in [0, 0.05) is 11.3 Å². The largest absolute Gasteiger partial charge is 0.497 e. The average molecular weight is 369 g/mol. The molecular weight excluding hydrogens is 346 g/mol. The second kappa shape index (κ2) is 9.49. The number of carbonyl (C=O) groups is 3. The van der Waals surface area contributed by atoms with Crippen molar-refractivity contribution in [2.24, 2.45) is 0 Å². The Labute approximate surface area is 158 Å². The zero-order chi connectivity index (χ0) is 19.8. The fourth-order valence-corrected chi connectivity index (χ4v) is 2.51. The lowest BCUT2D eigenvalue weighted by Gasteiger charge is -2.17. The van der Waals surface area contributed by atoms with Crippen LogP contribution in [-0.4, -0.2) is 49.7 Å². The van der Waals surface area contributed by atoms with Gasteiger partial charge in [-0.25, -0.2) is 0 Å². The molecule has 2 rings (SSSR count). The molecule has 0 heterocycles. The summed E-state index contributed by atoms with van der Waals surface area (Å²) < 4.78 is 5.07. The number of ether oxygens (including phenoxy) is 1. The van der Waals surface area contributed by atoms with E-state index in [1.165, 1.54) is 6.92 Å². The Balaban J connectivity index is 1.85. The summed E-state index contributed by atoms with van der Waals surface area (Å²) in [6.07, 6.45) is 0. The maximum Gasteiger partial charge on any atom is 0.238 e. The van der Waals surface area contributed by atoms with Gasteiger partial charge in [-0.2, -0.15) is 0 Å². The molecular formula is C20H23N3O4. The van der Waals surface area contributed by atoms with Crippen molar-refractivity contribution in [3.63, 3.8) is 0 Å². The van der Waals surface area contributed by atoms with E-state index in [9.17, 15) is 14.4 Å². The Morgan fingerprint density at radius 1 is 0.926 bits per heavy atom. The highest BCUT2D eigenvalue weighted by Crippen LogP contribution is 2.16. The second-order valence-electron chi connectivity index (χ2n) is 6.10. The van der Waals surface area contributed by atoms with Gasteiger partial charge < -0.3 is 15.4 Å². The van der Waals surface area contributed by atoms with Crippen molar-refractivity contribution in [2.45, 2.75) is 6.92 Å². The van der Waals surface area contributed by atoms with Gasteiger partial charge >= 0.3 is 0 Å². The van der Waals surface area contributed by atoms with Crippen LogP contribution in [0.15, 0.2) is 48.5 Å².